The zero-order valence-corrected chi connectivity index (χ0v) is 22.0. The summed E-state index contributed by atoms with van der Waals surface area (Å²) in [5.74, 6) is -0.793. The van der Waals surface area contributed by atoms with Gasteiger partial charge >= 0.3 is 5.97 Å². The highest BCUT2D eigenvalue weighted by molar-refractivity contribution is 6.99. The van der Waals surface area contributed by atoms with Crippen LogP contribution in [0.1, 0.15) is 140 Å². The Kier molecular flexibility index (Phi) is 8.02. The number of carbonyl (C=O) groups is 1. The fourth-order valence-electron chi connectivity index (χ4n) is 4.05. The van der Waals surface area contributed by atoms with Crippen molar-refractivity contribution >= 4 is 23.3 Å². The summed E-state index contributed by atoms with van der Waals surface area (Å²) in [6.07, 6.45) is -1.71. The molecule has 0 N–H and O–H groups in total. The summed E-state index contributed by atoms with van der Waals surface area (Å²) < 4.78 is 122. The maximum absolute atomic E-state index is 12.5. The van der Waals surface area contributed by atoms with Gasteiger partial charge in [-0.15, -0.1) is 4.37 Å². The van der Waals surface area contributed by atoms with Crippen LogP contribution in [0.15, 0.2) is 6.08 Å². The normalized spacial score (nSPS) is 25.8. The first-order valence-electron chi connectivity index (χ1n) is 19.2. The van der Waals surface area contributed by atoms with E-state index < -0.39 is 44.8 Å². The first-order chi connectivity index (χ1) is 22.0. The van der Waals surface area contributed by atoms with Gasteiger partial charge in [0.25, 0.3) is 5.88 Å². The lowest BCUT2D eigenvalue weighted by Gasteiger charge is -2.36. The molecule has 0 fully saturated rings. The molecule has 7 heteroatoms. The molecule has 1 aromatic heterocycles. The Morgan fingerprint density at radius 2 is 1.83 bits per heavy atom. The first kappa shape index (κ1) is 15.7. The lowest BCUT2D eigenvalue weighted by Crippen LogP contribution is -2.49. The Morgan fingerprint density at radius 1 is 1.09 bits per heavy atom. The Morgan fingerprint density at radius 3 is 2.57 bits per heavy atom. The number of hydrogen-bond acceptors (Lipinski definition) is 6. The topological polar surface area (TPSA) is 61.3 Å². The third kappa shape index (κ3) is 12.4. The van der Waals surface area contributed by atoms with Crippen LogP contribution in [0.5, 0.6) is 5.88 Å². The maximum Gasteiger partial charge on any atom is 0.310 e. The predicted molar refractivity (Wildman–Crippen MR) is 145 cm³/mol. The van der Waals surface area contributed by atoms with Crippen LogP contribution >= 0.6 is 11.7 Å². The van der Waals surface area contributed by atoms with Gasteiger partial charge in [0.15, 0.2) is 0 Å². The highest BCUT2D eigenvalue weighted by Gasteiger charge is 2.31. The number of esters is 1. The van der Waals surface area contributed by atoms with E-state index >= 15 is 0 Å². The standard InChI is InChI=1S/C28H50N3O3S/c1-4-6-8-10-11-12-13-14-15-16-20-26(32)34-24-31(3)21-18-19-25(23-31)27-28(30-35-29-27)33-22-17-9-7-5-2/h19H,4-18,20-24H2,1-3H3/q+1/i2D3,5D2,7D2,9D2,17D2,22D2. The summed E-state index contributed by atoms with van der Waals surface area (Å²) in [6.45, 7) is -4.20. The minimum absolute atomic E-state index is 0.0433. The van der Waals surface area contributed by atoms with Crippen molar-refractivity contribution in [3.63, 3.8) is 0 Å². The highest BCUT2D eigenvalue weighted by atomic mass is 32.1. The molecule has 0 aliphatic carbocycles. The lowest BCUT2D eigenvalue weighted by atomic mass is 10.1. The number of aromatic nitrogens is 2. The Hall–Kier alpha value is -1.47. The van der Waals surface area contributed by atoms with Crippen molar-refractivity contribution < 1.29 is 36.6 Å². The molecule has 0 bridgehead atoms. The van der Waals surface area contributed by atoms with Crippen LogP contribution in [0.3, 0.4) is 0 Å². The van der Waals surface area contributed by atoms with Crippen LogP contribution in [0.2, 0.25) is 0 Å². The molecule has 200 valence electrons. The third-order valence-electron chi connectivity index (χ3n) is 6.03. The molecule has 1 aliphatic heterocycles. The van der Waals surface area contributed by atoms with Gasteiger partial charge in [0, 0.05) is 33.5 Å². The Bertz CT molecular complexity index is 1220. The molecular weight excluding hydrogens is 458 g/mol. The van der Waals surface area contributed by atoms with Crippen molar-refractivity contribution in [1.29, 1.82) is 0 Å². The molecule has 2 rings (SSSR count). The van der Waals surface area contributed by atoms with E-state index in [0.29, 0.717) is 36.7 Å². The molecule has 0 saturated heterocycles. The molecule has 35 heavy (non-hydrogen) atoms. The van der Waals surface area contributed by atoms with E-state index in [1.807, 2.05) is 13.1 Å². The molecule has 0 radical (unpaired) electrons. The highest BCUT2D eigenvalue weighted by Crippen LogP contribution is 2.30. The van der Waals surface area contributed by atoms with E-state index in [-0.39, 0.29) is 29.4 Å². The van der Waals surface area contributed by atoms with Gasteiger partial charge in [-0.1, -0.05) is 96.8 Å². The van der Waals surface area contributed by atoms with E-state index in [1.54, 1.807) is 0 Å². The monoisotopic (exact) mass is 521 g/mol. The molecule has 6 nitrogen and oxygen atoms in total. The summed E-state index contributed by atoms with van der Waals surface area (Å²) in [5, 5.41) is 0. The zero-order chi connectivity index (χ0) is 36.7. The number of rotatable bonds is 20. The van der Waals surface area contributed by atoms with E-state index in [4.69, 9.17) is 27.3 Å². The molecular formula is C28H50N3O3S+. The molecule has 1 unspecified atom stereocenters. The van der Waals surface area contributed by atoms with Crippen molar-refractivity contribution in [3.05, 3.63) is 11.8 Å². The molecule has 1 aliphatic rings. The van der Waals surface area contributed by atoms with E-state index in [0.717, 1.165) is 19.3 Å². The molecule has 1 atom stereocenters. The van der Waals surface area contributed by atoms with Crippen molar-refractivity contribution in [2.45, 2.75) is 116 Å². The summed E-state index contributed by atoms with van der Waals surface area (Å²) in [6, 6.07) is 0. The summed E-state index contributed by atoms with van der Waals surface area (Å²) in [4.78, 5) is 12.5. The van der Waals surface area contributed by atoms with Crippen LogP contribution < -0.4 is 4.74 Å². The van der Waals surface area contributed by atoms with Crippen molar-refractivity contribution in [3.8, 4) is 5.88 Å². The summed E-state index contributed by atoms with van der Waals surface area (Å²) >= 11 is 0.621. The van der Waals surface area contributed by atoms with E-state index in [9.17, 15) is 4.79 Å². The second kappa shape index (κ2) is 17.9. The minimum Gasteiger partial charge on any atom is -0.475 e. The van der Waals surface area contributed by atoms with Gasteiger partial charge in [-0.2, -0.15) is 4.37 Å². The molecule has 0 aromatic carbocycles. The summed E-state index contributed by atoms with van der Waals surface area (Å²) in [7, 11) is 1.87. The minimum atomic E-state index is -4.05. The van der Waals surface area contributed by atoms with E-state index in [2.05, 4.69) is 15.7 Å². The van der Waals surface area contributed by atoms with Crippen LogP contribution in [0, 0.1) is 0 Å². The number of unbranched alkanes of at least 4 members (excludes halogenated alkanes) is 9. The first-order valence-corrected chi connectivity index (χ1v) is 13.4. The van der Waals surface area contributed by atoms with Gasteiger partial charge in [0.2, 0.25) is 6.73 Å². The van der Waals surface area contributed by atoms with Crippen molar-refractivity contribution in [1.82, 2.24) is 8.75 Å². The lowest BCUT2D eigenvalue weighted by molar-refractivity contribution is -0.919. The SMILES string of the molecule is [2H]C([2H])([2H])C([2H])([2H])C([2H])([2H])C([2H])([2H])C([2H])([2H])C([2H])([2H])Oc1nsnc1C1=CCC[N+](C)(COC(=O)CCCCCCCCCCCC)C1. The maximum atomic E-state index is 12.5. The fraction of sp³-hybridized carbons (Fsp3) is 0.821. The average Bonchev–Trinajstić information content (AvgIpc) is 3.43. The van der Waals surface area contributed by atoms with Gasteiger partial charge in [-0.25, -0.2) is 0 Å². The number of ether oxygens (including phenoxy) is 2. The molecule has 0 saturated carbocycles. The number of hydrogen-bond donors (Lipinski definition) is 0. The number of nitrogens with zero attached hydrogens (tertiary/aromatic N) is 3. The van der Waals surface area contributed by atoms with Gasteiger partial charge < -0.3 is 9.47 Å². The van der Waals surface area contributed by atoms with Crippen LogP contribution in [0.25, 0.3) is 5.57 Å². The van der Waals surface area contributed by atoms with Gasteiger partial charge in [0.05, 0.1) is 34.6 Å². The van der Waals surface area contributed by atoms with Crippen LogP contribution in [-0.2, 0) is 9.53 Å². The quantitative estimate of drug-likeness (QED) is 0.101. The Labute approximate surface area is 236 Å². The molecule has 0 amide bonds. The third-order valence-corrected chi connectivity index (χ3v) is 6.54. The number of quaternary nitrogens is 1. The average molecular weight is 522 g/mol. The largest absolute Gasteiger partial charge is 0.475 e. The number of carbonyl (C=O) groups excluding carboxylic acids is 1. The van der Waals surface area contributed by atoms with Gasteiger partial charge in [-0.05, 0) is 12.8 Å². The van der Waals surface area contributed by atoms with Crippen LogP contribution in [0.4, 0.5) is 0 Å². The zero-order valence-electron chi connectivity index (χ0n) is 34.2. The van der Waals surface area contributed by atoms with Gasteiger partial charge in [-0.3, -0.25) is 9.28 Å². The van der Waals surface area contributed by atoms with Crippen molar-refractivity contribution in [2.24, 2.45) is 0 Å². The molecule has 0 spiro atoms. The molecule has 2 heterocycles. The fourth-order valence-corrected chi connectivity index (χ4v) is 4.56. The Balaban J connectivity index is 2.02. The van der Waals surface area contributed by atoms with Gasteiger partial charge in [0.1, 0.15) is 12.2 Å². The number of likely N-dealkylation sites (N-methyl/N-ethyl adjacent to an activating group) is 1. The molecule has 1 aromatic rings. The van der Waals surface area contributed by atoms with E-state index in [1.165, 1.54) is 44.9 Å². The van der Waals surface area contributed by atoms with Crippen molar-refractivity contribution in [2.75, 3.05) is 33.4 Å². The smallest absolute Gasteiger partial charge is 0.310 e. The second-order valence-electron chi connectivity index (χ2n) is 9.22. The second-order valence-corrected chi connectivity index (χ2v) is 9.75. The van der Waals surface area contributed by atoms with Crippen LogP contribution in [-0.4, -0.2) is 52.6 Å². The predicted octanol–water partition coefficient (Wildman–Crippen LogP) is 7.54. The summed E-state index contributed by atoms with van der Waals surface area (Å²) in [5.41, 5.74) is 0.577.